The Morgan fingerprint density at radius 3 is 2.84 bits per heavy atom. The minimum Gasteiger partial charge on any atom is -0.378 e. The summed E-state index contributed by atoms with van der Waals surface area (Å²) in [5.41, 5.74) is 1.47. The molecule has 1 N–H and O–H groups in total. The van der Waals surface area contributed by atoms with Gasteiger partial charge in [0.15, 0.2) is 0 Å². The number of benzene rings is 1. The van der Waals surface area contributed by atoms with E-state index in [-0.39, 0.29) is 0 Å². The Hall–Kier alpha value is -0.860. The molecular formula is C17H27NO. The fourth-order valence-corrected chi connectivity index (χ4v) is 2.89. The van der Waals surface area contributed by atoms with E-state index in [4.69, 9.17) is 4.74 Å². The van der Waals surface area contributed by atoms with Gasteiger partial charge in [-0.2, -0.15) is 0 Å². The Kier molecular flexibility index (Phi) is 6.38. The molecule has 1 aromatic rings. The first-order valence-electron chi connectivity index (χ1n) is 7.77. The summed E-state index contributed by atoms with van der Waals surface area (Å²) in [7, 11) is 0. The first-order chi connectivity index (χ1) is 9.40. The molecule has 0 saturated carbocycles. The van der Waals surface area contributed by atoms with Crippen LogP contribution < -0.4 is 5.32 Å². The molecule has 0 aromatic heterocycles. The zero-order valence-electron chi connectivity index (χ0n) is 12.1. The van der Waals surface area contributed by atoms with Gasteiger partial charge in [0.2, 0.25) is 0 Å². The molecule has 2 unspecified atom stereocenters. The zero-order valence-corrected chi connectivity index (χ0v) is 12.1. The predicted molar refractivity (Wildman–Crippen MR) is 80.6 cm³/mol. The molecule has 1 aliphatic rings. The summed E-state index contributed by atoms with van der Waals surface area (Å²) >= 11 is 0. The van der Waals surface area contributed by atoms with Gasteiger partial charge in [0, 0.05) is 13.2 Å². The van der Waals surface area contributed by atoms with Crippen LogP contribution in [0.2, 0.25) is 0 Å². The van der Waals surface area contributed by atoms with E-state index < -0.39 is 0 Å². The van der Waals surface area contributed by atoms with Gasteiger partial charge in [-0.3, -0.25) is 0 Å². The smallest absolute Gasteiger partial charge is 0.0576 e. The lowest BCUT2D eigenvalue weighted by molar-refractivity contribution is 0.101. The second kappa shape index (κ2) is 8.34. The maximum Gasteiger partial charge on any atom is 0.0576 e. The Labute approximate surface area is 117 Å². The normalized spacial score (nSPS) is 20.6. The molecule has 19 heavy (non-hydrogen) atoms. The molecule has 0 bridgehead atoms. The predicted octanol–water partition coefficient (Wildman–Crippen LogP) is 3.73. The van der Waals surface area contributed by atoms with Crippen LogP contribution in [-0.2, 0) is 4.74 Å². The van der Waals surface area contributed by atoms with Crippen molar-refractivity contribution in [3.05, 3.63) is 35.9 Å². The summed E-state index contributed by atoms with van der Waals surface area (Å²) in [6.45, 7) is 5.29. The first kappa shape index (κ1) is 14.5. The van der Waals surface area contributed by atoms with Crippen LogP contribution >= 0.6 is 0 Å². The van der Waals surface area contributed by atoms with Crippen molar-refractivity contribution in [1.82, 2.24) is 5.32 Å². The third kappa shape index (κ3) is 4.96. The van der Waals surface area contributed by atoms with E-state index in [0.717, 1.165) is 19.7 Å². The maximum atomic E-state index is 5.71. The van der Waals surface area contributed by atoms with E-state index in [9.17, 15) is 0 Å². The summed E-state index contributed by atoms with van der Waals surface area (Å²) < 4.78 is 5.71. The lowest BCUT2D eigenvalue weighted by Crippen LogP contribution is -2.21. The topological polar surface area (TPSA) is 21.3 Å². The highest BCUT2D eigenvalue weighted by molar-refractivity contribution is 5.19. The molecule has 0 amide bonds. The summed E-state index contributed by atoms with van der Waals surface area (Å²) in [5, 5.41) is 3.49. The third-order valence-corrected chi connectivity index (χ3v) is 4.01. The second-order valence-corrected chi connectivity index (χ2v) is 5.48. The van der Waals surface area contributed by atoms with Crippen molar-refractivity contribution < 1.29 is 4.74 Å². The molecule has 1 saturated heterocycles. The van der Waals surface area contributed by atoms with Gasteiger partial charge in [0.1, 0.15) is 0 Å². The van der Waals surface area contributed by atoms with Gasteiger partial charge in [0.25, 0.3) is 0 Å². The van der Waals surface area contributed by atoms with E-state index in [1.54, 1.807) is 0 Å². The van der Waals surface area contributed by atoms with E-state index in [1.807, 2.05) is 0 Å². The summed E-state index contributed by atoms with van der Waals surface area (Å²) in [6.07, 6.45) is 6.82. The molecule has 2 rings (SSSR count). The van der Waals surface area contributed by atoms with Crippen LogP contribution in [0, 0.1) is 0 Å². The molecule has 2 atom stereocenters. The summed E-state index contributed by atoms with van der Waals surface area (Å²) in [4.78, 5) is 0. The Morgan fingerprint density at radius 1 is 1.32 bits per heavy atom. The number of nitrogens with one attached hydrogen (secondary N) is 1. The van der Waals surface area contributed by atoms with Crippen LogP contribution in [0.1, 0.15) is 50.5 Å². The second-order valence-electron chi connectivity index (χ2n) is 5.48. The SMILES string of the molecule is CCNCC(CCCC1CCCO1)c1ccccc1. The highest BCUT2D eigenvalue weighted by atomic mass is 16.5. The van der Waals surface area contributed by atoms with Crippen molar-refractivity contribution in [2.75, 3.05) is 19.7 Å². The number of hydrogen-bond donors (Lipinski definition) is 1. The van der Waals surface area contributed by atoms with Gasteiger partial charge in [-0.05, 0) is 43.7 Å². The number of rotatable bonds is 8. The molecule has 1 aromatic carbocycles. The van der Waals surface area contributed by atoms with Gasteiger partial charge in [-0.15, -0.1) is 0 Å². The van der Waals surface area contributed by atoms with Gasteiger partial charge in [0.05, 0.1) is 6.10 Å². The molecule has 2 heteroatoms. The number of likely N-dealkylation sites (N-methyl/N-ethyl adjacent to an activating group) is 1. The molecule has 0 aliphatic carbocycles. The highest BCUT2D eigenvalue weighted by Crippen LogP contribution is 2.24. The van der Waals surface area contributed by atoms with Gasteiger partial charge >= 0.3 is 0 Å². The molecule has 0 radical (unpaired) electrons. The molecule has 106 valence electrons. The van der Waals surface area contributed by atoms with Crippen molar-refractivity contribution in [2.24, 2.45) is 0 Å². The highest BCUT2D eigenvalue weighted by Gasteiger charge is 2.16. The molecule has 1 heterocycles. The van der Waals surface area contributed by atoms with Crippen LogP contribution in [0.5, 0.6) is 0 Å². The quantitative estimate of drug-likeness (QED) is 0.770. The van der Waals surface area contributed by atoms with Crippen LogP contribution in [-0.4, -0.2) is 25.8 Å². The van der Waals surface area contributed by atoms with E-state index >= 15 is 0 Å². The standard InChI is InChI=1S/C17H27NO/c1-2-18-14-16(15-8-4-3-5-9-15)10-6-11-17-12-7-13-19-17/h3-5,8-9,16-18H,2,6-7,10-14H2,1H3. The van der Waals surface area contributed by atoms with Crippen molar-refractivity contribution >= 4 is 0 Å². The fourth-order valence-electron chi connectivity index (χ4n) is 2.89. The number of ether oxygens (including phenoxy) is 1. The Balaban J connectivity index is 1.79. The van der Waals surface area contributed by atoms with Gasteiger partial charge in [-0.1, -0.05) is 43.7 Å². The maximum absolute atomic E-state index is 5.71. The van der Waals surface area contributed by atoms with Crippen molar-refractivity contribution in [3.8, 4) is 0 Å². The zero-order chi connectivity index (χ0) is 13.3. The lowest BCUT2D eigenvalue weighted by Gasteiger charge is -2.18. The Bertz CT molecular complexity index is 332. The third-order valence-electron chi connectivity index (χ3n) is 4.01. The minimum absolute atomic E-state index is 0.538. The Morgan fingerprint density at radius 2 is 2.16 bits per heavy atom. The van der Waals surface area contributed by atoms with Crippen LogP contribution in [0.25, 0.3) is 0 Å². The minimum atomic E-state index is 0.538. The first-order valence-corrected chi connectivity index (χ1v) is 7.77. The molecule has 1 aliphatic heterocycles. The van der Waals surface area contributed by atoms with Crippen LogP contribution in [0.3, 0.4) is 0 Å². The fraction of sp³-hybridized carbons (Fsp3) is 0.647. The largest absolute Gasteiger partial charge is 0.378 e. The van der Waals surface area contributed by atoms with Crippen LogP contribution in [0.15, 0.2) is 30.3 Å². The van der Waals surface area contributed by atoms with Crippen molar-refractivity contribution in [1.29, 1.82) is 0 Å². The van der Waals surface area contributed by atoms with Crippen LogP contribution in [0.4, 0.5) is 0 Å². The van der Waals surface area contributed by atoms with E-state index in [2.05, 4.69) is 42.6 Å². The average molecular weight is 261 g/mol. The van der Waals surface area contributed by atoms with E-state index in [0.29, 0.717) is 12.0 Å². The monoisotopic (exact) mass is 261 g/mol. The number of hydrogen-bond acceptors (Lipinski definition) is 2. The lowest BCUT2D eigenvalue weighted by atomic mass is 9.92. The molecule has 0 spiro atoms. The summed E-state index contributed by atoms with van der Waals surface area (Å²) in [5.74, 6) is 0.641. The van der Waals surface area contributed by atoms with E-state index in [1.165, 1.54) is 37.7 Å². The van der Waals surface area contributed by atoms with Crippen molar-refractivity contribution in [2.45, 2.75) is 51.0 Å². The summed E-state index contributed by atoms with van der Waals surface area (Å²) in [6, 6.07) is 10.9. The average Bonchev–Trinajstić information content (AvgIpc) is 2.97. The van der Waals surface area contributed by atoms with Gasteiger partial charge in [-0.25, -0.2) is 0 Å². The molecule has 2 nitrogen and oxygen atoms in total. The van der Waals surface area contributed by atoms with Gasteiger partial charge < -0.3 is 10.1 Å². The molecule has 1 fully saturated rings. The molecular weight excluding hydrogens is 234 g/mol. The van der Waals surface area contributed by atoms with Crippen molar-refractivity contribution in [3.63, 3.8) is 0 Å².